The molecule has 1 amide bonds. The smallest absolute Gasteiger partial charge is 0.356 e. The molecule has 0 unspecified atom stereocenters. The van der Waals surface area contributed by atoms with Crippen molar-refractivity contribution >= 4 is 23.2 Å². The fourth-order valence-electron chi connectivity index (χ4n) is 1.91. The van der Waals surface area contributed by atoms with E-state index in [4.69, 9.17) is 4.74 Å². The second kappa shape index (κ2) is 8.27. The minimum absolute atomic E-state index is 0.0360. The van der Waals surface area contributed by atoms with Gasteiger partial charge in [0.15, 0.2) is 0 Å². The van der Waals surface area contributed by atoms with E-state index in [1.165, 1.54) is 7.11 Å². The van der Waals surface area contributed by atoms with E-state index in [0.717, 1.165) is 6.33 Å². The van der Waals surface area contributed by atoms with Gasteiger partial charge in [0.1, 0.15) is 12.1 Å². The Kier molecular flexibility index (Phi) is 6.08. The third kappa shape index (κ3) is 5.51. The number of nitrogens with one attached hydrogen (secondary N) is 4. The van der Waals surface area contributed by atoms with Gasteiger partial charge >= 0.3 is 5.69 Å². The zero-order valence-electron chi connectivity index (χ0n) is 15.4. The highest BCUT2D eigenvalue weighted by Gasteiger charge is 2.24. The third-order valence-corrected chi connectivity index (χ3v) is 3.21. The van der Waals surface area contributed by atoms with E-state index in [9.17, 15) is 14.9 Å². The lowest BCUT2D eigenvalue weighted by Crippen LogP contribution is -2.40. The maximum Gasteiger partial charge on any atom is 0.356 e. The van der Waals surface area contributed by atoms with Crippen molar-refractivity contribution in [1.82, 2.24) is 20.8 Å². The van der Waals surface area contributed by atoms with Crippen LogP contribution in [0.4, 0.5) is 17.3 Å². The van der Waals surface area contributed by atoms with E-state index in [0.29, 0.717) is 11.3 Å². The molecule has 2 aromatic rings. The minimum Gasteiger partial charge on any atom is -0.497 e. The summed E-state index contributed by atoms with van der Waals surface area (Å²) >= 11 is 0. The van der Waals surface area contributed by atoms with Gasteiger partial charge in [0, 0.05) is 11.1 Å². The maximum absolute atomic E-state index is 12.2. The molecular formula is C16H21N7O4. The van der Waals surface area contributed by atoms with E-state index in [-0.39, 0.29) is 17.2 Å². The maximum atomic E-state index is 12.2. The summed E-state index contributed by atoms with van der Waals surface area (Å²) in [6.45, 7) is 5.63. The fourth-order valence-corrected chi connectivity index (χ4v) is 1.91. The van der Waals surface area contributed by atoms with Crippen molar-refractivity contribution in [2.24, 2.45) is 0 Å². The SMILES string of the molecule is COc1ccc(C(=O)NNc2ncnc(NNC(C)(C)C)c2[N+](=O)[O-])cc1. The van der Waals surface area contributed by atoms with Crippen LogP contribution in [0.2, 0.25) is 0 Å². The van der Waals surface area contributed by atoms with Crippen LogP contribution in [-0.4, -0.2) is 33.4 Å². The zero-order valence-corrected chi connectivity index (χ0v) is 15.4. The molecule has 2 rings (SSSR count). The first-order chi connectivity index (χ1) is 12.7. The molecule has 144 valence electrons. The van der Waals surface area contributed by atoms with Gasteiger partial charge in [0.05, 0.1) is 12.0 Å². The monoisotopic (exact) mass is 375 g/mol. The highest BCUT2D eigenvalue weighted by Crippen LogP contribution is 2.28. The average Bonchev–Trinajstić information content (AvgIpc) is 2.63. The molecule has 1 aromatic carbocycles. The third-order valence-electron chi connectivity index (χ3n) is 3.21. The van der Waals surface area contributed by atoms with E-state index in [2.05, 4.69) is 31.7 Å². The van der Waals surface area contributed by atoms with Gasteiger partial charge in [-0.05, 0) is 45.0 Å². The number of amides is 1. The molecule has 0 radical (unpaired) electrons. The van der Waals surface area contributed by atoms with Gasteiger partial charge in [-0.15, -0.1) is 0 Å². The van der Waals surface area contributed by atoms with Gasteiger partial charge in [-0.1, -0.05) is 0 Å². The molecule has 0 aliphatic carbocycles. The summed E-state index contributed by atoms with van der Waals surface area (Å²) in [5.41, 5.74) is 10.0. The van der Waals surface area contributed by atoms with Gasteiger partial charge < -0.3 is 4.74 Å². The largest absolute Gasteiger partial charge is 0.497 e. The number of carbonyl (C=O) groups is 1. The zero-order chi connectivity index (χ0) is 20.0. The Morgan fingerprint density at radius 3 is 2.22 bits per heavy atom. The summed E-state index contributed by atoms with van der Waals surface area (Å²) in [6.07, 6.45) is 1.14. The number of aromatic nitrogens is 2. The number of hydrogen-bond donors (Lipinski definition) is 4. The molecule has 0 aliphatic heterocycles. The lowest BCUT2D eigenvalue weighted by molar-refractivity contribution is -0.383. The number of rotatable bonds is 7. The molecule has 0 spiro atoms. The van der Waals surface area contributed by atoms with Crippen LogP contribution in [0.1, 0.15) is 31.1 Å². The molecule has 1 aromatic heterocycles. The highest BCUT2D eigenvalue weighted by atomic mass is 16.6. The van der Waals surface area contributed by atoms with Crippen LogP contribution in [0.3, 0.4) is 0 Å². The van der Waals surface area contributed by atoms with E-state index >= 15 is 0 Å². The molecule has 27 heavy (non-hydrogen) atoms. The van der Waals surface area contributed by atoms with Crippen molar-refractivity contribution in [1.29, 1.82) is 0 Å². The predicted molar refractivity (Wildman–Crippen MR) is 99.3 cm³/mol. The molecule has 0 saturated carbocycles. The van der Waals surface area contributed by atoms with Crippen molar-refractivity contribution in [3.8, 4) is 5.75 Å². The van der Waals surface area contributed by atoms with Crippen LogP contribution in [0.15, 0.2) is 30.6 Å². The second-order valence-electron chi connectivity index (χ2n) is 6.48. The molecule has 0 saturated heterocycles. The van der Waals surface area contributed by atoms with Crippen LogP contribution in [0.25, 0.3) is 0 Å². The van der Waals surface area contributed by atoms with Crippen molar-refractivity contribution in [3.63, 3.8) is 0 Å². The van der Waals surface area contributed by atoms with Crippen molar-refractivity contribution in [3.05, 3.63) is 46.3 Å². The average molecular weight is 375 g/mol. The fraction of sp³-hybridized carbons (Fsp3) is 0.312. The summed E-state index contributed by atoms with van der Waals surface area (Å²) in [4.78, 5) is 30.7. The number of nitrogens with zero attached hydrogens (tertiary/aromatic N) is 3. The first kappa shape index (κ1) is 19.8. The summed E-state index contributed by atoms with van der Waals surface area (Å²) in [7, 11) is 1.52. The number of benzene rings is 1. The van der Waals surface area contributed by atoms with Gasteiger partial charge in [-0.2, -0.15) is 0 Å². The topological polar surface area (TPSA) is 143 Å². The van der Waals surface area contributed by atoms with Crippen LogP contribution >= 0.6 is 0 Å². The lowest BCUT2D eigenvalue weighted by atomic mass is 10.1. The Morgan fingerprint density at radius 2 is 1.70 bits per heavy atom. The van der Waals surface area contributed by atoms with E-state index < -0.39 is 16.5 Å². The van der Waals surface area contributed by atoms with Crippen molar-refractivity contribution < 1.29 is 14.5 Å². The highest BCUT2D eigenvalue weighted by molar-refractivity contribution is 5.95. The number of methoxy groups -OCH3 is 1. The Balaban J connectivity index is 2.15. The summed E-state index contributed by atoms with van der Waals surface area (Å²) < 4.78 is 5.03. The lowest BCUT2D eigenvalue weighted by Gasteiger charge is -2.21. The van der Waals surface area contributed by atoms with Crippen LogP contribution < -0.4 is 26.4 Å². The molecule has 0 fully saturated rings. The molecule has 11 heteroatoms. The van der Waals surface area contributed by atoms with Gasteiger partial charge in [-0.3, -0.25) is 31.2 Å². The summed E-state index contributed by atoms with van der Waals surface area (Å²) in [5, 5.41) is 11.4. The Labute approximate surface area is 155 Å². The number of hydrazine groups is 2. The van der Waals surface area contributed by atoms with Crippen LogP contribution in [-0.2, 0) is 0 Å². The molecule has 0 atom stereocenters. The standard InChI is InChI=1S/C16H21N7O4/c1-16(2,3)22-20-14-12(23(25)26)13(17-9-18-14)19-21-15(24)10-5-7-11(27-4)8-6-10/h5-9,22H,1-4H3,(H,21,24)(H2,17,18,19,20). The first-order valence-corrected chi connectivity index (χ1v) is 7.94. The Morgan fingerprint density at radius 1 is 1.11 bits per heavy atom. The van der Waals surface area contributed by atoms with Crippen LogP contribution in [0, 0.1) is 10.1 Å². The molecule has 4 N–H and O–H groups in total. The number of anilines is 2. The molecule has 11 nitrogen and oxygen atoms in total. The number of hydrogen-bond acceptors (Lipinski definition) is 9. The summed E-state index contributed by atoms with van der Waals surface area (Å²) in [6, 6.07) is 6.37. The first-order valence-electron chi connectivity index (χ1n) is 7.94. The molecule has 0 bridgehead atoms. The number of ether oxygens (including phenoxy) is 1. The predicted octanol–water partition coefficient (Wildman–Crippen LogP) is 1.87. The Hall–Kier alpha value is -3.47. The van der Waals surface area contributed by atoms with Gasteiger partial charge in [-0.25, -0.2) is 15.4 Å². The molecule has 0 aliphatic rings. The van der Waals surface area contributed by atoms with Gasteiger partial charge in [0.2, 0.25) is 11.6 Å². The normalized spacial score (nSPS) is 10.8. The number of carbonyl (C=O) groups excluding carboxylic acids is 1. The van der Waals surface area contributed by atoms with Crippen LogP contribution in [0.5, 0.6) is 5.75 Å². The van der Waals surface area contributed by atoms with Crippen molar-refractivity contribution in [2.75, 3.05) is 18.0 Å². The van der Waals surface area contributed by atoms with E-state index in [1.54, 1.807) is 24.3 Å². The number of nitro groups is 1. The second-order valence-corrected chi connectivity index (χ2v) is 6.48. The summed E-state index contributed by atoms with van der Waals surface area (Å²) in [5.74, 6) is -0.0814. The Bertz CT molecular complexity index is 819. The molecule has 1 heterocycles. The quantitative estimate of drug-likeness (QED) is 0.421. The van der Waals surface area contributed by atoms with Gasteiger partial charge in [0.25, 0.3) is 5.91 Å². The van der Waals surface area contributed by atoms with Crippen molar-refractivity contribution in [2.45, 2.75) is 26.3 Å². The van der Waals surface area contributed by atoms with E-state index in [1.807, 2.05) is 20.8 Å². The minimum atomic E-state index is -0.644. The molecular weight excluding hydrogens is 354 g/mol.